The van der Waals surface area contributed by atoms with E-state index in [-0.39, 0.29) is 0 Å². The van der Waals surface area contributed by atoms with Crippen molar-refractivity contribution < 1.29 is 4.57 Å². The summed E-state index contributed by atoms with van der Waals surface area (Å²) in [6, 6.07) is 9.93. The van der Waals surface area contributed by atoms with Gasteiger partial charge >= 0.3 is 5.82 Å². The summed E-state index contributed by atoms with van der Waals surface area (Å²) in [4.78, 5) is 8.40. The normalized spacial score (nSPS) is 9.92. The number of aromatic nitrogens is 3. The summed E-state index contributed by atoms with van der Waals surface area (Å²) in [7, 11) is 1.90. The van der Waals surface area contributed by atoms with Crippen molar-refractivity contribution in [2.45, 2.75) is 0 Å². The third-order valence-corrected chi connectivity index (χ3v) is 1.76. The molecule has 0 spiro atoms. The van der Waals surface area contributed by atoms with Gasteiger partial charge in [0.05, 0.1) is 12.6 Å². The van der Waals surface area contributed by atoms with E-state index in [9.17, 15) is 0 Å². The molecule has 3 nitrogen and oxygen atoms in total. The number of hydrogen-bond acceptors (Lipinski definition) is 2. The minimum Gasteiger partial charge on any atom is -0.242 e. The predicted molar refractivity (Wildman–Crippen MR) is 48.6 cm³/mol. The summed E-state index contributed by atoms with van der Waals surface area (Å²) >= 11 is 0. The average Bonchev–Trinajstić information content (AvgIpc) is 2.20. The second-order valence-electron chi connectivity index (χ2n) is 2.84. The van der Waals surface area contributed by atoms with Crippen molar-refractivity contribution in [2.75, 3.05) is 0 Å². The first-order valence-electron chi connectivity index (χ1n) is 4.09. The summed E-state index contributed by atoms with van der Waals surface area (Å²) in [5.41, 5.74) is 1.04. The maximum atomic E-state index is 4.20. The van der Waals surface area contributed by atoms with E-state index in [1.54, 1.807) is 12.7 Å². The number of benzene rings is 1. The van der Waals surface area contributed by atoms with Crippen LogP contribution < -0.4 is 4.57 Å². The van der Waals surface area contributed by atoms with Crippen LogP contribution in [0.1, 0.15) is 0 Å². The molecule has 0 saturated carbocycles. The van der Waals surface area contributed by atoms with Gasteiger partial charge < -0.3 is 0 Å². The van der Waals surface area contributed by atoms with Gasteiger partial charge in [0, 0.05) is 0 Å². The zero-order valence-electron chi connectivity index (χ0n) is 7.38. The van der Waals surface area contributed by atoms with Crippen molar-refractivity contribution in [1.29, 1.82) is 0 Å². The van der Waals surface area contributed by atoms with Gasteiger partial charge in [-0.2, -0.15) is 0 Å². The Morgan fingerprint density at radius 2 is 1.62 bits per heavy atom. The van der Waals surface area contributed by atoms with Crippen LogP contribution in [0.5, 0.6) is 0 Å². The smallest absolute Gasteiger partial charge is 0.242 e. The highest BCUT2D eigenvalue weighted by Gasteiger charge is 2.05. The van der Waals surface area contributed by atoms with E-state index in [1.165, 1.54) is 0 Å². The molecule has 0 N–H and O–H groups in total. The highest BCUT2D eigenvalue weighted by atomic mass is 15.1. The molecule has 64 valence electrons. The summed E-state index contributed by atoms with van der Waals surface area (Å²) in [5.74, 6) is 0.763. The van der Waals surface area contributed by atoms with Crippen molar-refractivity contribution in [3.05, 3.63) is 43.0 Å². The van der Waals surface area contributed by atoms with E-state index >= 15 is 0 Å². The van der Waals surface area contributed by atoms with Gasteiger partial charge in [-0.3, -0.25) is 0 Å². The van der Waals surface area contributed by atoms with Crippen molar-refractivity contribution in [1.82, 2.24) is 9.97 Å². The fraction of sp³-hybridized carbons (Fsp3) is 0.100. The summed E-state index contributed by atoms with van der Waals surface area (Å²) in [6.07, 6.45) is 3.49. The second-order valence-corrected chi connectivity index (χ2v) is 2.84. The van der Waals surface area contributed by atoms with Crippen LogP contribution in [0.15, 0.2) is 43.0 Å². The lowest BCUT2D eigenvalue weighted by Crippen LogP contribution is -2.28. The SMILES string of the molecule is C[n+]1cnc(-c2ccccc2)nc1. The maximum Gasteiger partial charge on any atom is 0.307 e. The Kier molecular flexibility index (Phi) is 2.00. The molecule has 0 aliphatic rings. The molecule has 2 rings (SSSR count). The highest BCUT2D eigenvalue weighted by Crippen LogP contribution is 2.10. The largest absolute Gasteiger partial charge is 0.307 e. The van der Waals surface area contributed by atoms with E-state index in [4.69, 9.17) is 0 Å². The predicted octanol–water partition coefficient (Wildman–Crippen LogP) is 0.968. The Hall–Kier alpha value is -1.77. The lowest BCUT2D eigenvalue weighted by Gasteiger charge is -1.91. The molecule has 0 saturated heterocycles. The molecule has 0 aliphatic heterocycles. The molecule has 0 unspecified atom stereocenters. The van der Waals surface area contributed by atoms with E-state index in [1.807, 2.05) is 41.9 Å². The summed E-state index contributed by atoms with van der Waals surface area (Å²) in [6.45, 7) is 0. The van der Waals surface area contributed by atoms with Crippen LogP contribution in [0.4, 0.5) is 0 Å². The molecule has 0 radical (unpaired) electrons. The van der Waals surface area contributed by atoms with Crippen LogP contribution in [0.25, 0.3) is 11.4 Å². The monoisotopic (exact) mass is 172 g/mol. The Labute approximate surface area is 76.7 Å². The van der Waals surface area contributed by atoms with Gasteiger partial charge in [0.1, 0.15) is 0 Å². The summed E-state index contributed by atoms with van der Waals surface area (Å²) in [5, 5.41) is 0. The number of aryl methyl sites for hydroxylation is 1. The molecule has 3 heteroatoms. The molecule has 2 aromatic rings. The standard InChI is InChI=1S/C10H10N3/c1-13-7-11-10(12-8-13)9-5-3-2-4-6-9/h2-8H,1H3/q+1. The number of rotatable bonds is 1. The zero-order valence-corrected chi connectivity index (χ0v) is 7.38. The molecule has 1 heterocycles. The molecule has 0 aliphatic carbocycles. The van der Waals surface area contributed by atoms with Gasteiger partial charge in [0.25, 0.3) is 0 Å². The molecule has 1 aromatic heterocycles. The second kappa shape index (κ2) is 3.31. The minimum atomic E-state index is 0.763. The van der Waals surface area contributed by atoms with Crippen molar-refractivity contribution in [3.8, 4) is 11.4 Å². The van der Waals surface area contributed by atoms with Crippen LogP contribution in [-0.4, -0.2) is 9.97 Å². The van der Waals surface area contributed by atoms with Gasteiger partial charge in [-0.15, -0.1) is 0 Å². The number of nitrogens with zero attached hydrogens (tertiary/aromatic N) is 3. The van der Waals surface area contributed by atoms with Crippen LogP contribution >= 0.6 is 0 Å². The van der Waals surface area contributed by atoms with E-state index in [2.05, 4.69) is 9.97 Å². The lowest BCUT2D eigenvalue weighted by atomic mass is 10.2. The highest BCUT2D eigenvalue weighted by molar-refractivity contribution is 5.53. The fourth-order valence-corrected chi connectivity index (χ4v) is 1.09. The van der Waals surface area contributed by atoms with E-state index < -0.39 is 0 Å². The first kappa shape index (κ1) is 7.86. The Bertz CT molecular complexity index is 381. The molecular weight excluding hydrogens is 162 g/mol. The van der Waals surface area contributed by atoms with Crippen LogP contribution in [0, 0.1) is 0 Å². The first-order chi connectivity index (χ1) is 6.36. The van der Waals surface area contributed by atoms with Crippen molar-refractivity contribution in [2.24, 2.45) is 7.05 Å². The fourth-order valence-electron chi connectivity index (χ4n) is 1.09. The third kappa shape index (κ3) is 1.69. The van der Waals surface area contributed by atoms with Crippen LogP contribution in [0.2, 0.25) is 0 Å². The van der Waals surface area contributed by atoms with Gasteiger partial charge in [0.15, 0.2) is 0 Å². The van der Waals surface area contributed by atoms with E-state index in [0.717, 1.165) is 11.4 Å². The quantitative estimate of drug-likeness (QED) is 0.600. The molecular formula is C10H10N3+. The zero-order chi connectivity index (χ0) is 9.10. The number of hydrogen-bond donors (Lipinski definition) is 0. The average molecular weight is 172 g/mol. The Morgan fingerprint density at radius 3 is 2.23 bits per heavy atom. The first-order valence-corrected chi connectivity index (χ1v) is 4.09. The van der Waals surface area contributed by atoms with Gasteiger partial charge in [-0.1, -0.05) is 28.2 Å². The van der Waals surface area contributed by atoms with Gasteiger partial charge in [-0.25, -0.2) is 4.57 Å². The topological polar surface area (TPSA) is 29.7 Å². The molecule has 0 fully saturated rings. The van der Waals surface area contributed by atoms with Crippen molar-refractivity contribution >= 4 is 0 Å². The lowest BCUT2D eigenvalue weighted by molar-refractivity contribution is -0.677. The summed E-state index contributed by atoms with van der Waals surface area (Å²) < 4.78 is 1.81. The van der Waals surface area contributed by atoms with E-state index in [0.29, 0.717) is 0 Å². The van der Waals surface area contributed by atoms with Gasteiger partial charge in [-0.05, 0) is 12.1 Å². The Morgan fingerprint density at radius 1 is 1.00 bits per heavy atom. The molecule has 0 amide bonds. The van der Waals surface area contributed by atoms with Crippen LogP contribution in [0.3, 0.4) is 0 Å². The molecule has 13 heavy (non-hydrogen) atoms. The molecule has 1 aromatic carbocycles. The minimum absolute atomic E-state index is 0.763. The van der Waals surface area contributed by atoms with Crippen LogP contribution in [-0.2, 0) is 7.05 Å². The molecule has 0 atom stereocenters. The van der Waals surface area contributed by atoms with Gasteiger partial charge in [0.2, 0.25) is 12.7 Å². The molecule has 0 bridgehead atoms. The van der Waals surface area contributed by atoms with Crippen molar-refractivity contribution in [3.63, 3.8) is 0 Å². The maximum absolute atomic E-state index is 4.20. The third-order valence-electron chi connectivity index (χ3n) is 1.76. The Balaban J connectivity index is 2.42.